The molecule has 0 bridgehead atoms. The number of phenolic OH excluding ortho intramolecular Hbond substituents is 1. The summed E-state index contributed by atoms with van der Waals surface area (Å²) >= 11 is 0. The quantitative estimate of drug-likeness (QED) is 0.433. The Hall–Kier alpha value is -2.93. The van der Waals surface area contributed by atoms with Crippen LogP contribution in [-0.2, 0) is 4.79 Å². The number of anilines is 1. The van der Waals surface area contributed by atoms with Crippen molar-refractivity contribution in [1.82, 2.24) is 0 Å². The highest BCUT2D eigenvalue weighted by atomic mass is 35.5. The van der Waals surface area contributed by atoms with E-state index in [1.807, 2.05) is 0 Å². The van der Waals surface area contributed by atoms with Crippen LogP contribution in [0.5, 0.6) is 11.5 Å². The highest BCUT2D eigenvalue weighted by Crippen LogP contribution is 2.28. The molecule has 0 spiro atoms. The van der Waals surface area contributed by atoms with E-state index in [2.05, 4.69) is 5.32 Å². The van der Waals surface area contributed by atoms with Crippen LogP contribution in [0.3, 0.4) is 0 Å². The fourth-order valence-corrected chi connectivity index (χ4v) is 2.21. The molecule has 0 heterocycles. The molecule has 0 aliphatic carbocycles. The molecule has 0 aromatic heterocycles. The molecule has 0 saturated carbocycles. The minimum atomic E-state index is -1.35. The molecule has 0 fully saturated rings. The second-order valence-corrected chi connectivity index (χ2v) is 5.08. The van der Waals surface area contributed by atoms with Gasteiger partial charge in [-0.3, -0.25) is 5.41 Å². The predicted molar refractivity (Wildman–Crippen MR) is 95.4 cm³/mol. The summed E-state index contributed by atoms with van der Waals surface area (Å²) in [5.41, 5.74) is 6.72. The number of nitrogens with two attached hydrogens (primary N) is 1. The Morgan fingerprint density at radius 1 is 1.32 bits per heavy atom. The fourth-order valence-electron chi connectivity index (χ4n) is 2.21. The molecule has 0 radical (unpaired) electrons. The number of hydrogen-bond acceptors (Lipinski definition) is 6. The number of amidine groups is 1. The molecule has 0 aliphatic rings. The smallest absolute Gasteiger partial charge is 0.123 e. The highest BCUT2D eigenvalue weighted by molar-refractivity contribution is 5.95. The standard InChI is InChI=1S/C17H19N3O4.ClH/c1-2-24-14-8-11(7-13(21)9-14)15(17(22)23)20-12-5-3-10(4-6-12)16(18)19;/h3-9,15,20-21H,2H2,1H3,(H3,18,19)(H,22,23);1H/p-1. The summed E-state index contributed by atoms with van der Waals surface area (Å²) in [6.45, 7) is 2.17. The number of aliphatic carboxylic acids is 1. The van der Waals surface area contributed by atoms with Gasteiger partial charge < -0.3 is 30.8 Å². The Morgan fingerprint density at radius 3 is 2.48 bits per heavy atom. The number of carboxylic acid groups (broad SMARTS) is 1. The van der Waals surface area contributed by atoms with E-state index >= 15 is 0 Å². The Labute approximate surface area is 151 Å². The van der Waals surface area contributed by atoms with Gasteiger partial charge in [-0.2, -0.15) is 0 Å². The van der Waals surface area contributed by atoms with Crippen LogP contribution < -0.4 is 20.9 Å². The third-order valence-electron chi connectivity index (χ3n) is 3.30. The molecule has 134 valence electrons. The Bertz CT molecular complexity index is 750. The van der Waals surface area contributed by atoms with Gasteiger partial charge in [-0.1, -0.05) is 0 Å². The molecule has 2 aromatic rings. The number of carbonyl (C=O) groups excluding carboxylic acids is 1. The number of hydrogen-bond donors (Lipinski definition) is 4. The number of aromatic hydroxyl groups is 1. The van der Waals surface area contributed by atoms with E-state index in [4.69, 9.17) is 15.9 Å². The first-order valence-corrected chi connectivity index (χ1v) is 7.29. The van der Waals surface area contributed by atoms with Crippen LogP contribution in [0.1, 0.15) is 24.1 Å². The second-order valence-electron chi connectivity index (χ2n) is 5.08. The fraction of sp³-hybridized carbons (Fsp3) is 0.176. The van der Waals surface area contributed by atoms with E-state index in [0.29, 0.717) is 29.2 Å². The Morgan fingerprint density at radius 2 is 1.96 bits per heavy atom. The molecule has 0 aliphatic heterocycles. The SMILES string of the molecule is CCOc1cc(O)cc(C(Nc2ccc(C(=N)N)cc2)C(=O)[O-])c1.Cl. The lowest BCUT2D eigenvalue weighted by atomic mass is 10.1. The van der Waals surface area contributed by atoms with Gasteiger partial charge in [0.2, 0.25) is 0 Å². The van der Waals surface area contributed by atoms with Crippen LogP contribution in [0.15, 0.2) is 42.5 Å². The minimum Gasteiger partial charge on any atom is -0.548 e. The summed E-state index contributed by atoms with van der Waals surface area (Å²) in [7, 11) is 0. The molecular weight excluding hydrogens is 346 g/mol. The second kappa shape index (κ2) is 8.79. The summed E-state index contributed by atoms with van der Waals surface area (Å²) in [5.74, 6) is -1.16. The van der Waals surface area contributed by atoms with Crippen LogP contribution >= 0.6 is 12.4 Å². The van der Waals surface area contributed by atoms with Crippen molar-refractivity contribution in [2.45, 2.75) is 13.0 Å². The normalized spacial score (nSPS) is 11.1. The maximum Gasteiger partial charge on any atom is 0.123 e. The van der Waals surface area contributed by atoms with E-state index in [1.54, 1.807) is 31.2 Å². The van der Waals surface area contributed by atoms with E-state index in [9.17, 15) is 15.0 Å². The Kier molecular flexibility index (Phi) is 7.07. The first-order chi connectivity index (χ1) is 11.4. The predicted octanol–water partition coefficient (Wildman–Crippen LogP) is 1.40. The van der Waals surface area contributed by atoms with Gasteiger partial charge in [-0.25, -0.2) is 0 Å². The van der Waals surface area contributed by atoms with Gasteiger partial charge in [0.25, 0.3) is 0 Å². The van der Waals surface area contributed by atoms with Crippen LogP contribution in [0.2, 0.25) is 0 Å². The van der Waals surface area contributed by atoms with Crippen molar-refractivity contribution >= 4 is 29.9 Å². The number of ether oxygens (including phenoxy) is 1. The highest BCUT2D eigenvalue weighted by Gasteiger charge is 2.15. The number of carboxylic acids is 1. The van der Waals surface area contributed by atoms with Crippen molar-refractivity contribution in [2.75, 3.05) is 11.9 Å². The third kappa shape index (κ3) is 5.29. The van der Waals surface area contributed by atoms with E-state index in [-0.39, 0.29) is 24.0 Å². The van der Waals surface area contributed by atoms with Crippen molar-refractivity contribution < 1.29 is 19.7 Å². The monoisotopic (exact) mass is 364 g/mol. The molecule has 0 amide bonds. The largest absolute Gasteiger partial charge is 0.548 e. The first kappa shape index (κ1) is 20.1. The number of rotatable bonds is 7. The van der Waals surface area contributed by atoms with Crippen molar-refractivity contribution in [2.24, 2.45) is 5.73 Å². The molecule has 5 N–H and O–H groups in total. The van der Waals surface area contributed by atoms with Crippen molar-refractivity contribution in [1.29, 1.82) is 5.41 Å². The van der Waals surface area contributed by atoms with E-state index < -0.39 is 12.0 Å². The molecule has 1 atom stereocenters. The van der Waals surface area contributed by atoms with Crippen LogP contribution in [0.4, 0.5) is 5.69 Å². The molecular formula is C17H19ClN3O4-. The van der Waals surface area contributed by atoms with Crippen molar-refractivity contribution in [3.8, 4) is 11.5 Å². The van der Waals surface area contributed by atoms with Gasteiger partial charge >= 0.3 is 0 Å². The maximum absolute atomic E-state index is 11.5. The summed E-state index contributed by atoms with van der Waals surface area (Å²) in [4.78, 5) is 11.5. The van der Waals surface area contributed by atoms with Gasteiger partial charge in [-0.05, 0) is 48.9 Å². The number of carbonyl (C=O) groups is 1. The number of nitrogen functional groups attached to an aromatic ring is 1. The minimum absolute atomic E-state index is 0. The third-order valence-corrected chi connectivity index (χ3v) is 3.30. The van der Waals surface area contributed by atoms with Gasteiger partial charge in [0, 0.05) is 17.3 Å². The molecule has 0 saturated heterocycles. The first-order valence-electron chi connectivity index (χ1n) is 7.29. The zero-order valence-corrected chi connectivity index (χ0v) is 14.3. The van der Waals surface area contributed by atoms with Gasteiger partial charge in [0.1, 0.15) is 17.3 Å². The zero-order valence-electron chi connectivity index (χ0n) is 13.5. The van der Waals surface area contributed by atoms with E-state index in [0.717, 1.165) is 0 Å². The van der Waals surface area contributed by atoms with Gasteiger partial charge in [0.05, 0.1) is 18.6 Å². The average molecular weight is 365 g/mol. The molecule has 2 rings (SSSR count). The molecule has 8 heteroatoms. The average Bonchev–Trinajstić information content (AvgIpc) is 2.52. The summed E-state index contributed by atoms with van der Waals surface area (Å²) < 4.78 is 5.31. The lowest BCUT2D eigenvalue weighted by Gasteiger charge is -2.22. The summed E-state index contributed by atoms with van der Waals surface area (Å²) in [6, 6.07) is 9.51. The van der Waals surface area contributed by atoms with Crippen molar-refractivity contribution in [3.63, 3.8) is 0 Å². The van der Waals surface area contributed by atoms with Crippen LogP contribution in [-0.4, -0.2) is 23.5 Å². The maximum atomic E-state index is 11.5. The van der Waals surface area contributed by atoms with Gasteiger partial charge in [-0.15, -0.1) is 12.4 Å². The molecule has 2 aromatic carbocycles. The molecule has 25 heavy (non-hydrogen) atoms. The van der Waals surface area contributed by atoms with Gasteiger partial charge in [0.15, 0.2) is 0 Å². The zero-order chi connectivity index (χ0) is 17.7. The lowest BCUT2D eigenvalue weighted by molar-refractivity contribution is -0.307. The van der Waals surface area contributed by atoms with Crippen molar-refractivity contribution in [3.05, 3.63) is 53.6 Å². The van der Waals surface area contributed by atoms with Crippen LogP contribution in [0.25, 0.3) is 0 Å². The topological polar surface area (TPSA) is 131 Å². The lowest BCUT2D eigenvalue weighted by Crippen LogP contribution is -2.34. The Balaban J connectivity index is 0.00000312. The number of benzene rings is 2. The molecule has 7 nitrogen and oxygen atoms in total. The number of phenols is 1. The number of halogens is 1. The number of nitrogens with one attached hydrogen (secondary N) is 2. The van der Waals surface area contributed by atoms with Crippen LogP contribution in [0, 0.1) is 5.41 Å². The van der Waals surface area contributed by atoms with E-state index in [1.165, 1.54) is 18.2 Å². The summed E-state index contributed by atoms with van der Waals surface area (Å²) in [5, 5.41) is 31.4. The molecule has 1 unspecified atom stereocenters. The summed E-state index contributed by atoms with van der Waals surface area (Å²) in [6.07, 6.45) is 0.